The first-order valence-electron chi connectivity index (χ1n) is 18.0. The summed E-state index contributed by atoms with van der Waals surface area (Å²) in [5, 5.41) is 3.87. The van der Waals surface area contributed by atoms with E-state index in [1.165, 1.54) is 50.8 Å². The number of nitrogens with zero attached hydrogens (tertiary/aromatic N) is 2. The van der Waals surface area contributed by atoms with Crippen molar-refractivity contribution < 1.29 is 18.8 Å². The molecule has 2 aliphatic heterocycles. The van der Waals surface area contributed by atoms with Gasteiger partial charge in [0.1, 0.15) is 18.0 Å². The summed E-state index contributed by atoms with van der Waals surface area (Å²) >= 11 is 0. The zero-order chi connectivity index (χ0) is 35.8. The molecule has 0 aromatic heterocycles. The molecule has 7 heteroatoms. The number of nitrogens with two attached hydrogens (primary N) is 1. The first kappa shape index (κ1) is 38.0. The van der Waals surface area contributed by atoms with Crippen molar-refractivity contribution in [1.29, 1.82) is 0 Å². The molecule has 2 aromatic carbocycles. The second kappa shape index (κ2) is 16.7. The normalized spacial score (nSPS) is 19.4. The number of hydrogen-bond acceptors (Lipinski definition) is 6. The Morgan fingerprint density at radius 3 is 2.16 bits per heavy atom. The minimum absolute atomic E-state index is 0.126. The highest BCUT2D eigenvalue weighted by Gasteiger charge is 2.44. The molecule has 0 amide bonds. The topological polar surface area (TPSA) is 72.0 Å². The molecule has 0 radical (unpaired) electrons. The third-order valence-electron chi connectivity index (χ3n) is 10.2. The lowest BCUT2D eigenvalue weighted by Crippen LogP contribution is -2.28. The quantitative estimate of drug-likeness (QED) is 0.175. The second-order valence-corrected chi connectivity index (χ2v) is 14.1. The molecule has 266 valence electrons. The van der Waals surface area contributed by atoms with Crippen molar-refractivity contribution in [3.8, 4) is 11.5 Å². The van der Waals surface area contributed by atoms with Gasteiger partial charge in [-0.05, 0) is 119 Å². The maximum Gasteiger partial charge on any atom is 0.210 e. The monoisotopic (exact) mass is 669 g/mol. The van der Waals surface area contributed by atoms with Crippen molar-refractivity contribution in [2.75, 3.05) is 59.5 Å². The van der Waals surface area contributed by atoms with Crippen LogP contribution in [0.1, 0.15) is 84.8 Å². The Kier molecular flexibility index (Phi) is 13.0. The minimum atomic E-state index is -0.126. The molecule has 7 nitrogen and oxygen atoms in total. The molecular formula is C42H61N4O3+. The van der Waals surface area contributed by atoms with Gasteiger partial charge in [-0.25, -0.2) is 0 Å². The van der Waals surface area contributed by atoms with Gasteiger partial charge in [0, 0.05) is 67.5 Å². The molecule has 0 spiro atoms. The molecule has 3 aliphatic rings. The number of likely N-dealkylation sites (N-methyl/N-ethyl adjacent to an activating group) is 1. The Hall–Kier alpha value is -3.81. The van der Waals surface area contributed by atoms with Crippen molar-refractivity contribution in [3.05, 3.63) is 94.4 Å². The van der Waals surface area contributed by atoms with E-state index in [-0.39, 0.29) is 10.8 Å². The van der Waals surface area contributed by atoms with Gasteiger partial charge in [-0.15, -0.1) is 0 Å². The summed E-state index contributed by atoms with van der Waals surface area (Å²) in [7, 11) is 6.74. The summed E-state index contributed by atoms with van der Waals surface area (Å²) in [4.78, 5) is 2.46. The van der Waals surface area contributed by atoms with E-state index in [9.17, 15) is 0 Å². The zero-order valence-corrected chi connectivity index (χ0v) is 31.8. The van der Waals surface area contributed by atoms with Crippen LogP contribution in [-0.4, -0.2) is 64.9 Å². The average Bonchev–Trinajstić information content (AvgIpc) is 3.45. The number of hydrogen-bond donors (Lipinski definition) is 2. The van der Waals surface area contributed by atoms with Crippen LogP contribution in [0.2, 0.25) is 0 Å². The van der Waals surface area contributed by atoms with Crippen LogP contribution in [0, 0.1) is 0 Å². The van der Waals surface area contributed by atoms with E-state index in [0.717, 1.165) is 69.8 Å². The Morgan fingerprint density at radius 2 is 1.53 bits per heavy atom. The van der Waals surface area contributed by atoms with Crippen LogP contribution in [-0.2, 0) is 15.6 Å². The highest BCUT2D eigenvalue weighted by molar-refractivity contribution is 6.03. The van der Waals surface area contributed by atoms with Gasteiger partial charge in [0.15, 0.2) is 5.71 Å². The summed E-state index contributed by atoms with van der Waals surface area (Å²) < 4.78 is 17.9. The van der Waals surface area contributed by atoms with Crippen molar-refractivity contribution in [2.45, 2.75) is 84.5 Å². The molecule has 2 heterocycles. The number of rotatable bonds is 12. The predicted molar refractivity (Wildman–Crippen MR) is 206 cm³/mol. The van der Waals surface area contributed by atoms with Crippen LogP contribution in [0.3, 0.4) is 0 Å². The van der Waals surface area contributed by atoms with Crippen molar-refractivity contribution in [2.24, 2.45) is 5.73 Å². The first-order valence-corrected chi connectivity index (χ1v) is 18.0. The van der Waals surface area contributed by atoms with Gasteiger partial charge in [-0.2, -0.15) is 4.58 Å². The van der Waals surface area contributed by atoms with Gasteiger partial charge in [0.25, 0.3) is 0 Å². The summed E-state index contributed by atoms with van der Waals surface area (Å²) in [6, 6.07) is 13.0. The molecule has 0 atom stereocenters. The Morgan fingerprint density at radius 1 is 0.857 bits per heavy atom. The number of ether oxygens (including phenoxy) is 3. The standard InChI is InChI=1S/C40H54N4O2.C2H6O/c1-9-43-34-20-18-30(45-7)26-32(34)39(3,4)36(43)22-16-28-14-13-15-29(38(28)42-25-12-11-24-41)17-23-37-40(5,6)33-27-31(46-8)19-21-35(33)44(37)10-2;1-3-2/h16-23,26-27H,9-15,24-25,41H2,1-8H3;1-2H3/p+1/b28-16+,36-22+;. The third kappa shape index (κ3) is 7.84. The van der Waals surface area contributed by atoms with Gasteiger partial charge >= 0.3 is 0 Å². The molecule has 1 aliphatic carbocycles. The molecule has 0 fully saturated rings. The summed E-state index contributed by atoms with van der Waals surface area (Å²) in [6.07, 6.45) is 14.8. The molecule has 0 saturated carbocycles. The summed E-state index contributed by atoms with van der Waals surface area (Å²) in [6.45, 7) is 17.3. The van der Waals surface area contributed by atoms with Crippen LogP contribution in [0.4, 0.5) is 11.4 Å². The van der Waals surface area contributed by atoms with Gasteiger partial charge in [-0.3, -0.25) is 0 Å². The fourth-order valence-corrected chi connectivity index (χ4v) is 7.57. The fraction of sp³-hybridized carbons (Fsp3) is 0.500. The lowest BCUT2D eigenvalue weighted by Gasteiger charge is -2.27. The van der Waals surface area contributed by atoms with E-state index in [4.69, 9.17) is 15.2 Å². The summed E-state index contributed by atoms with van der Waals surface area (Å²) in [5.41, 5.74) is 17.5. The lowest BCUT2D eigenvalue weighted by atomic mass is 9.80. The van der Waals surface area contributed by atoms with Crippen LogP contribution in [0.5, 0.6) is 11.5 Å². The average molecular weight is 670 g/mol. The van der Waals surface area contributed by atoms with E-state index >= 15 is 0 Å². The number of methoxy groups -OCH3 is 3. The minimum Gasteiger partial charge on any atom is -0.497 e. The molecule has 0 unspecified atom stereocenters. The van der Waals surface area contributed by atoms with Gasteiger partial charge in [0.05, 0.1) is 19.6 Å². The maximum absolute atomic E-state index is 5.85. The van der Waals surface area contributed by atoms with Gasteiger partial charge in [0.2, 0.25) is 5.69 Å². The molecule has 2 aromatic rings. The van der Waals surface area contributed by atoms with Crippen LogP contribution in [0.15, 0.2) is 83.2 Å². The first-order chi connectivity index (χ1) is 23.5. The molecule has 0 bridgehead atoms. The number of allylic oxidation sites excluding steroid dienone is 7. The van der Waals surface area contributed by atoms with Crippen LogP contribution < -0.4 is 25.4 Å². The van der Waals surface area contributed by atoms with Crippen molar-refractivity contribution in [1.82, 2.24) is 5.32 Å². The maximum atomic E-state index is 5.85. The van der Waals surface area contributed by atoms with E-state index < -0.39 is 0 Å². The molecule has 3 N–H and O–H groups in total. The number of nitrogens with one attached hydrogen (secondary N) is 1. The van der Waals surface area contributed by atoms with Crippen LogP contribution in [0.25, 0.3) is 0 Å². The SMILES string of the molecule is CCN1/C(=C/C=C2\CCCC(/C=C/C3=[N+](CC)c4ccc(OC)cc4C3(C)C)=C2NCCCCN)C(C)(C)c2cc(OC)ccc21.COC. The number of unbranched alkanes of at least 4 members (excludes halogenated alkanes) is 1. The largest absolute Gasteiger partial charge is 0.497 e. The van der Waals surface area contributed by atoms with E-state index in [1.807, 2.05) is 0 Å². The highest BCUT2D eigenvalue weighted by Crippen LogP contribution is 2.49. The molecular weight excluding hydrogens is 608 g/mol. The van der Waals surface area contributed by atoms with Crippen molar-refractivity contribution in [3.63, 3.8) is 0 Å². The molecule has 5 rings (SSSR count). The van der Waals surface area contributed by atoms with Crippen LogP contribution >= 0.6 is 0 Å². The van der Waals surface area contributed by atoms with E-state index in [0.29, 0.717) is 0 Å². The Balaban J connectivity index is 0.00000174. The molecule has 0 saturated heterocycles. The number of anilines is 1. The number of fused-ring (bicyclic) bond motifs is 2. The summed E-state index contributed by atoms with van der Waals surface area (Å²) in [5.74, 6) is 1.82. The Labute approximate surface area is 296 Å². The Bertz CT molecular complexity index is 1630. The predicted octanol–water partition coefficient (Wildman–Crippen LogP) is 8.31. The lowest BCUT2D eigenvalue weighted by molar-refractivity contribution is -0.433. The highest BCUT2D eigenvalue weighted by atomic mass is 16.5. The molecule has 49 heavy (non-hydrogen) atoms. The third-order valence-corrected chi connectivity index (χ3v) is 10.2. The van der Waals surface area contributed by atoms with Gasteiger partial charge < -0.3 is 30.2 Å². The number of benzene rings is 2. The van der Waals surface area contributed by atoms with Gasteiger partial charge in [-0.1, -0.05) is 26.0 Å². The zero-order valence-electron chi connectivity index (χ0n) is 31.8. The fourth-order valence-electron chi connectivity index (χ4n) is 7.57. The van der Waals surface area contributed by atoms with E-state index in [2.05, 4.69) is 122 Å². The second-order valence-electron chi connectivity index (χ2n) is 14.1. The van der Waals surface area contributed by atoms with E-state index in [1.54, 1.807) is 28.4 Å². The smallest absolute Gasteiger partial charge is 0.210 e. The van der Waals surface area contributed by atoms with Crippen molar-refractivity contribution >= 4 is 17.1 Å².